The predicted molar refractivity (Wildman–Crippen MR) is 119 cm³/mol. The van der Waals surface area contributed by atoms with Gasteiger partial charge in [-0.25, -0.2) is 0 Å². The van der Waals surface area contributed by atoms with Crippen LogP contribution in [0.4, 0.5) is 10.8 Å². The number of amides is 1. The van der Waals surface area contributed by atoms with Gasteiger partial charge >= 0.3 is 0 Å². The molecule has 0 radical (unpaired) electrons. The third-order valence-corrected chi connectivity index (χ3v) is 6.16. The van der Waals surface area contributed by atoms with Gasteiger partial charge in [0.15, 0.2) is 4.34 Å². The van der Waals surface area contributed by atoms with Gasteiger partial charge in [-0.3, -0.25) is 4.79 Å². The minimum atomic E-state index is 0.00965. The maximum absolute atomic E-state index is 12.2. The zero-order chi connectivity index (χ0) is 20.5. The fourth-order valence-corrected chi connectivity index (χ4v) is 4.24. The molecule has 0 aliphatic carbocycles. The van der Waals surface area contributed by atoms with Crippen LogP contribution >= 0.6 is 23.1 Å². The van der Waals surface area contributed by atoms with Crippen molar-refractivity contribution < 1.29 is 9.53 Å². The first-order valence-corrected chi connectivity index (χ1v) is 11.1. The molecule has 0 aliphatic heterocycles. The van der Waals surface area contributed by atoms with Gasteiger partial charge in [0.2, 0.25) is 11.0 Å². The third-order valence-electron chi connectivity index (χ3n) is 4.19. The van der Waals surface area contributed by atoms with Crippen LogP contribution in [0.3, 0.4) is 0 Å². The lowest BCUT2D eigenvalue weighted by Gasteiger charge is -2.13. The zero-order valence-electron chi connectivity index (χ0n) is 16.4. The number of aromatic nitrogens is 2. The third kappa shape index (κ3) is 7.07. The van der Waals surface area contributed by atoms with E-state index in [1.807, 2.05) is 49.4 Å². The second kappa shape index (κ2) is 10.8. The van der Waals surface area contributed by atoms with Gasteiger partial charge in [-0.15, -0.1) is 10.2 Å². The van der Waals surface area contributed by atoms with Crippen molar-refractivity contribution in [3.05, 3.63) is 60.2 Å². The van der Waals surface area contributed by atoms with Crippen molar-refractivity contribution in [2.45, 2.75) is 30.1 Å². The summed E-state index contributed by atoms with van der Waals surface area (Å²) in [4.78, 5) is 12.2. The molecular formula is C21H24N4O2S2. The molecule has 2 N–H and O–H groups in total. The van der Waals surface area contributed by atoms with Crippen LogP contribution in [0.5, 0.6) is 5.75 Å². The van der Waals surface area contributed by atoms with Crippen molar-refractivity contribution in [1.29, 1.82) is 0 Å². The number of nitrogens with zero attached hydrogens (tertiary/aromatic N) is 2. The molecule has 3 aromatic rings. The monoisotopic (exact) mass is 428 g/mol. The molecule has 1 unspecified atom stereocenters. The van der Waals surface area contributed by atoms with Gasteiger partial charge in [-0.05, 0) is 49.6 Å². The normalized spacial score (nSPS) is 11.7. The van der Waals surface area contributed by atoms with E-state index in [1.54, 1.807) is 7.11 Å². The number of ether oxygens (including phenoxy) is 1. The average Bonchev–Trinajstić information content (AvgIpc) is 3.19. The van der Waals surface area contributed by atoms with Gasteiger partial charge in [0.25, 0.3) is 0 Å². The van der Waals surface area contributed by atoms with Crippen molar-refractivity contribution in [2.75, 3.05) is 18.2 Å². The fourth-order valence-electron chi connectivity index (χ4n) is 2.66. The van der Waals surface area contributed by atoms with Crippen molar-refractivity contribution in [3.8, 4) is 5.75 Å². The maximum atomic E-state index is 12.2. The van der Waals surface area contributed by atoms with E-state index in [4.69, 9.17) is 4.74 Å². The second-order valence-electron chi connectivity index (χ2n) is 6.51. The molecule has 0 spiro atoms. The molecule has 152 valence electrons. The SMILES string of the molecule is COc1ccc(Nc2nnc(SCC(=O)NC(C)CCc3ccccc3)s2)cc1. The smallest absolute Gasteiger partial charge is 0.230 e. The topological polar surface area (TPSA) is 76.1 Å². The van der Waals surface area contributed by atoms with E-state index in [-0.39, 0.29) is 11.9 Å². The standard InChI is InChI=1S/C21H24N4O2S2/c1-15(8-9-16-6-4-3-5-7-16)22-19(26)14-28-21-25-24-20(29-21)23-17-10-12-18(27-2)13-11-17/h3-7,10-13,15H,8-9,14H2,1-2H3,(H,22,26)(H,23,24). The van der Waals surface area contributed by atoms with Crippen molar-refractivity contribution in [1.82, 2.24) is 15.5 Å². The lowest BCUT2D eigenvalue weighted by Crippen LogP contribution is -2.34. The summed E-state index contributed by atoms with van der Waals surface area (Å²) in [5, 5.41) is 15.2. The van der Waals surface area contributed by atoms with Gasteiger partial charge < -0.3 is 15.4 Å². The summed E-state index contributed by atoms with van der Waals surface area (Å²) in [6.45, 7) is 2.04. The number of nitrogens with one attached hydrogen (secondary N) is 2. The zero-order valence-corrected chi connectivity index (χ0v) is 18.1. The molecule has 0 aliphatic rings. The maximum Gasteiger partial charge on any atom is 0.230 e. The van der Waals surface area contributed by atoms with Crippen LogP contribution in [0.1, 0.15) is 18.9 Å². The number of carbonyl (C=O) groups excluding carboxylic acids is 1. The Labute approximate surface area is 179 Å². The Morgan fingerprint density at radius 3 is 2.62 bits per heavy atom. The summed E-state index contributed by atoms with van der Waals surface area (Å²) >= 11 is 2.82. The number of hydrogen-bond donors (Lipinski definition) is 2. The lowest BCUT2D eigenvalue weighted by molar-refractivity contribution is -0.119. The molecule has 29 heavy (non-hydrogen) atoms. The Morgan fingerprint density at radius 2 is 1.90 bits per heavy atom. The van der Waals surface area contributed by atoms with Gasteiger partial charge in [-0.1, -0.05) is 53.4 Å². The van der Waals surface area contributed by atoms with Crippen LogP contribution in [0.15, 0.2) is 58.9 Å². The van der Waals surface area contributed by atoms with Crippen LogP contribution in [0, 0.1) is 0 Å². The van der Waals surface area contributed by atoms with Gasteiger partial charge in [-0.2, -0.15) is 0 Å². The molecule has 8 heteroatoms. The van der Waals surface area contributed by atoms with Crippen molar-refractivity contribution >= 4 is 39.8 Å². The fraction of sp³-hybridized carbons (Fsp3) is 0.286. The number of anilines is 2. The molecule has 1 amide bonds. The molecule has 1 aromatic heterocycles. The van der Waals surface area contributed by atoms with E-state index in [0.717, 1.165) is 28.6 Å². The van der Waals surface area contributed by atoms with Gasteiger partial charge in [0, 0.05) is 11.7 Å². The van der Waals surface area contributed by atoms with Crippen LogP contribution in [-0.4, -0.2) is 35.0 Å². The second-order valence-corrected chi connectivity index (χ2v) is 8.71. The number of thioether (sulfide) groups is 1. The number of benzene rings is 2. The van der Waals surface area contributed by atoms with E-state index < -0.39 is 0 Å². The summed E-state index contributed by atoms with van der Waals surface area (Å²) < 4.78 is 5.91. The van der Waals surface area contributed by atoms with E-state index in [1.165, 1.54) is 28.7 Å². The van der Waals surface area contributed by atoms with Crippen LogP contribution in [0.2, 0.25) is 0 Å². The summed E-state index contributed by atoms with van der Waals surface area (Å²) in [5.74, 6) is 1.14. The summed E-state index contributed by atoms with van der Waals surface area (Å²) in [6, 6.07) is 18.0. The van der Waals surface area contributed by atoms with Crippen molar-refractivity contribution in [2.24, 2.45) is 0 Å². The van der Waals surface area contributed by atoms with Crippen LogP contribution in [0.25, 0.3) is 0 Å². The predicted octanol–water partition coefficient (Wildman–Crippen LogP) is 4.52. The molecule has 3 rings (SSSR count). The van der Waals surface area contributed by atoms with Gasteiger partial charge in [0.05, 0.1) is 12.9 Å². The Kier molecular flexibility index (Phi) is 7.89. The Balaban J connectivity index is 1.39. The molecule has 1 heterocycles. The number of hydrogen-bond acceptors (Lipinski definition) is 7. The first-order valence-electron chi connectivity index (χ1n) is 9.33. The number of aryl methyl sites for hydroxylation is 1. The van der Waals surface area contributed by atoms with Crippen molar-refractivity contribution in [3.63, 3.8) is 0 Å². The highest BCUT2D eigenvalue weighted by Gasteiger charge is 2.11. The molecule has 0 saturated carbocycles. The van der Waals surface area contributed by atoms with E-state index >= 15 is 0 Å². The Morgan fingerprint density at radius 1 is 1.14 bits per heavy atom. The average molecular weight is 429 g/mol. The lowest BCUT2D eigenvalue weighted by atomic mass is 10.1. The Bertz CT molecular complexity index is 901. The molecule has 0 fully saturated rings. The Hall–Kier alpha value is -2.58. The summed E-state index contributed by atoms with van der Waals surface area (Å²) in [6.07, 6.45) is 1.86. The number of carbonyl (C=O) groups is 1. The van der Waals surface area contributed by atoms with E-state index in [2.05, 4.69) is 33.0 Å². The molecule has 0 bridgehead atoms. The van der Waals surface area contributed by atoms with Crippen LogP contribution < -0.4 is 15.4 Å². The molecule has 1 atom stereocenters. The largest absolute Gasteiger partial charge is 0.497 e. The van der Waals surface area contributed by atoms with Crippen LogP contribution in [-0.2, 0) is 11.2 Å². The molecule has 2 aromatic carbocycles. The minimum absolute atomic E-state index is 0.00965. The molecule has 0 saturated heterocycles. The van der Waals surface area contributed by atoms with E-state index in [9.17, 15) is 4.79 Å². The highest BCUT2D eigenvalue weighted by atomic mass is 32.2. The highest BCUT2D eigenvalue weighted by Crippen LogP contribution is 2.28. The highest BCUT2D eigenvalue weighted by molar-refractivity contribution is 8.01. The van der Waals surface area contributed by atoms with E-state index in [0.29, 0.717) is 10.9 Å². The first kappa shape index (κ1) is 21.1. The molecule has 6 nitrogen and oxygen atoms in total. The number of rotatable bonds is 10. The van der Waals surface area contributed by atoms with Gasteiger partial charge in [0.1, 0.15) is 5.75 Å². The number of methoxy groups -OCH3 is 1. The molecular weight excluding hydrogens is 404 g/mol. The minimum Gasteiger partial charge on any atom is -0.497 e. The summed E-state index contributed by atoms with van der Waals surface area (Å²) in [5.41, 5.74) is 2.19. The quantitative estimate of drug-likeness (QED) is 0.463. The first-order chi connectivity index (χ1) is 14.1. The summed E-state index contributed by atoms with van der Waals surface area (Å²) in [7, 11) is 1.64.